The maximum Gasteiger partial charge on any atom is 0.358 e. The number of aromatic nitrogens is 3. The summed E-state index contributed by atoms with van der Waals surface area (Å²) in [6.45, 7) is 3.21. The van der Waals surface area contributed by atoms with Gasteiger partial charge < -0.3 is 4.84 Å². The largest absolute Gasteiger partial charge is 0.358 e. The van der Waals surface area contributed by atoms with Crippen molar-refractivity contribution >= 4 is 16.9 Å². The van der Waals surface area contributed by atoms with E-state index in [-0.39, 0.29) is 0 Å². The quantitative estimate of drug-likeness (QED) is 0.520. The van der Waals surface area contributed by atoms with E-state index in [0.29, 0.717) is 15.7 Å². The lowest BCUT2D eigenvalue weighted by molar-refractivity contribution is -0.140. The summed E-state index contributed by atoms with van der Waals surface area (Å²) in [5, 5.41) is 7.52. The first-order chi connectivity index (χ1) is 7.72. The minimum atomic E-state index is -0.772. The molecule has 0 radical (unpaired) electrons. The number of fused-ring (bicyclic) bond motifs is 1. The minimum absolute atomic E-state index is 0.328. The predicted octanol–water partition coefficient (Wildman–Crippen LogP) is -0.0673. The summed E-state index contributed by atoms with van der Waals surface area (Å²) in [7, 11) is 0. The molecule has 0 fully saturated rings. The highest BCUT2D eigenvalue weighted by Crippen LogP contribution is 2.02. The third-order valence-electron chi connectivity index (χ3n) is 1.88. The maximum atomic E-state index is 11.7. The molecule has 0 saturated carbocycles. The third-order valence-corrected chi connectivity index (χ3v) is 1.88. The fraction of sp³-hybridized carbons (Fsp3) is 0. The highest BCUT2D eigenvalue weighted by atomic mass is 16.7. The number of carbonyl (C=O) groups is 1. The molecule has 1 aromatic heterocycles. The molecular weight excluding hydrogens is 210 g/mol. The molecule has 1 aromatic carbocycles. The molecule has 0 N–H and O–H groups in total. The Labute approximate surface area is 89.7 Å². The van der Waals surface area contributed by atoms with Crippen LogP contribution >= 0.6 is 0 Å². The molecule has 0 atom stereocenters. The van der Waals surface area contributed by atoms with Gasteiger partial charge in [-0.15, -0.1) is 5.10 Å². The minimum Gasteiger partial charge on any atom is -0.309 e. The number of rotatable bonds is 2. The van der Waals surface area contributed by atoms with Crippen molar-refractivity contribution in [2.24, 2.45) is 0 Å². The molecular formula is C10H7N3O3. The van der Waals surface area contributed by atoms with Crippen LogP contribution in [0.2, 0.25) is 0 Å². The lowest BCUT2D eigenvalue weighted by Crippen LogP contribution is -2.32. The zero-order valence-electron chi connectivity index (χ0n) is 8.16. The molecule has 80 valence electrons. The first-order valence-electron chi connectivity index (χ1n) is 4.42. The second-order valence-electron chi connectivity index (χ2n) is 2.90. The average Bonchev–Trinajstić information content (AvgIpc) is 2.33. The normalized spacial score (nSPS) is 10.0. The molecule has 0 bridgehead atoms. The number of hydrogen-bond acceptors (Lipinski definition) is 5. The van der Waals surface area contributed by atoms with Crippen molar-refractivity contribution in [1.29, 1.82) is 0 Å². The summed E-state index contributed by atoms with van der Waals surface area (Å²) >= 11 is 0. The Morgan fingerprint density at radius 2 is 2.19 bits per heavy atom. The van der Waals surface area contributed by atoms with Crippen molar-refractivity contribution < 1.29 is 9.63 Å². The Hall–Kier alpha value is -2.50. The number of benzene rings is 1. The van der Waals surface area contributed by atoms with E-state index in [4.69, 9.17) is 0 Å². The van der Waals surface area contributed by atoms with Gasteiger partial charge in [-0.25, -0.2) is 4.79 Å². The topological polar surface area (TPSA) is 74.1 Å². The smallest absolute Gasteiger partial charge is 0.309 e. The highest BCUT2D eigenvalue weighted by molar-refractivity contribution is 5.81. The molecule has 0 aliphatic heterocycles. The fourth-order valence-electron chi connectivity index (χ4n) is 1.16. The molecule has 0 unspecified atom stereocenters. The first-order valence-corrected chi connectivity index (χ1v) is 4.42. The van der Waals surface area contributed by atoms with Crippen LogP contribution in [0.4, 0.5) is 0 Å². The summed E-state index contributed by atoms with van der Waals surface area (Å²) in [6, 6.07) is 6.63. The lowest BCUT2D eigenvalue weighted by atomic mass is 10.2. The Balaban J connectivity index is 2.57. The molecule has 0 aliphatic rings. The van der Waals surface area contributed by atoms with Crippen LogP contribution in [-0.4, -0.2) is 21.1 Å². The molecule has 2 rings (SSSR count). The van der Waals surface area contributed by atoms with E-state index in [1.807, 2.05) is 0 Å². The van der Waals surface area contributed by atoms with E-state index in [1.165, 1.54) is 0 Å². The van der Waals surface area contributed by atoms with E-state index in [0.717, 1.165) is 6.08 Å². The molecule has 0 saturated heterocycles. The lowest BCUT2D eigenvalue weighted by Gasteiger charge is -2.01. The van der Waals surface area contributed by atoms with E-state index < -0.39 is 11.5 Å². The van der Waals surface area contributed by atoms with Crippen LogP contribution in [0.5, 0.6) is 0 Å². The molecule has 6 nitrogen and oxygen atoms in total. The van der Waals surface area contributed by atoms with Crippen LogP contribution in [0.15, 0.2) is 41.7 Å². The molecule has 0 spiro atoms. The third kappa shape index (κ3) is 1.68. The number of hydrogen-bond donors (Lipinski definition) is 0. The number of nitrogens with zero attached hydrogens (tertiary/aromatic N) is 3. The van der Waals surface area contributed by atoms with Crippen molar-refractivity contribution in [3.63, 3.8) is 0 Å². The van der Waals surface area contributed by atoms with E-state index in [9.17, 15) is 9.59 Å². The highest BCUT2D eigenvalue weighted by Gasteiger charge is 2.07. The van der Waals surface area contributed by atoms with Gasteiger partial charge in [-0.05, 0) is 22.2 Å². The number of carbonyl (C=O) groups excluding carboxylic acids is 1. The van der Waals surface area contributed by atoms with Gasteiger partial charge in [0.25, 0.3) is 0 Å². The summed E-state index contributed by atoms with van der Waals surface area (Å²) < 4.78 is 0. The zero-order valence-corrected chi connectivity index (χ0v) is 8.16. The molecule has 6 heteroatoms. The standard InChI is InChI=1S/C10H7N3O3/c1-2-9(14)16-13-10(15)7-5-3-4-6-8(7)11-12-13/h2-6H,1H2. The van der Waals surface area contributed by atoms with Gasteiger partial charge in [-0.2, -0.15) is 0 Å². The van der Waals surface area contributed by atoms with Gasteiger partial charge in [0.1, 0.15) is 5.52 Å². The van der Waals surface area contributed by atoms with Crippen LogP contribution in [0.3, 0.4) is 0 Å². The van der Waals surface area contributed by atoms with Gasteiger partial charge in [-0.1, -0.05) is 18.7 Å². The second kappa shape index (κ2) is 3.93. The van der Waals surface area contributed by atoms with Crippen molar-refractivity contribution in [2.75, 3.05) is 0 Å². The molecule has 0 aliphatic carbocycles. The molecule has 16 heavy (non-hydrogen) atoms. The summed E-state index contributed by atoms with van der Waals surface area (Å²) in [6.07, 6.45) is 0.934. The van der Waals surface area contributed by atoms with E-state index in [2.05, 4.69) is 21.7 Å². The Bertz CT molecular complexity index is 618. The van der Waals surface area contributed by atoms with E-state index in [1.54, 1.807) is 24.3 Å². The molecule has 0 amide bonds. The Morgan fingerprint density at radius 3 is 2.94 bits per heavy atom. The van der Waals surface area contributed by atoms with Gasteiger partial charge >= 0.3 is 11.5 Å². The maximum absolute atomic E-state index is 11.7. The first kappa shape index (κ1) is 10.0. The summed E-state index contributed by atoms with van der Waals surface area (Å²) in [4.78, 5) is 27.7. The average molecular weight is 217 g/mol. The summed E-state index contributed by atoms with van der Waals surface area (Å²) in [5.41, 5.74) is -0.0980. The Morgan fingerprint density at radius 1 is 1.44 bits per heavy atom. The summed E-state index contributed by atoms with van der Waals surface area (Å²) in [5.74, 6) is -0.772. The van der Waals surface area contributed by atoms with Crippen molar-refractivity contribution in [2.45, 2.75) is 0 Å². The monoisotopic (exact) mass is 217 g/mol. The van der Waals surface area contributed by atoms with Crippen molar-refractivity contribution in [3.8, 4) is 0 Å². The molecule has 1 heterocycles. The fourth-order valence-corrected chi connectivity index (χ4v) is 1.16. The zero-order chi connectivity index (χ0) is 11.5. The SMILES string of the molecule is C=CC(=O)On1nnc2ccccc2c1=O. The van der Waals surface area contributed by atoms with Gasteiger partial charge in [-0.3, -0.25) is 4.79 Å². The van der Waals surface area contributed by atoms with Crippen LogP contribution in [0.25, 0.3) is 10.9 Å². The second-order valence-corrected chi connectivity index (χ2v) is 2.90. The van der Waals surface area contributed by atoms with Gasteiger partial charge in [0.15, 0.2) is 0 Å². The van der Waals surface area contributed by atoms with Crippen LogP contribution < -0.4 is 10.4 Å². The van der Waals surface area contributed by atoms with Crippen LogP contribution in [0, 0.1) is 0 Å². The van der Waals surface area contributed by atoms with Gasteiger partial charge in [0.05, 0.1) is 5.39 Å². The van der Waals surface area contributed by atoms with Crippen molar-refractivity contribution in [1.82, 2.24) is 15.2 Å². The van der Waals surface area contributed by atoms with Gasteiger partial charge in [0.2, 0.25) is 0 Å². The molecule has 2 aromatic rings. The van der Waals surface area contributed by atoms with E-state index >= 15 is 0 Å². The van der Waals surface area contributed by atoms with Crippen LogP contribution in [-0.2, 0) is 4.79 Å². The Kier molecular flexibility index (Phi) is 2.47. The predicted molar refractivity (Wildman–Crippen MR) is 55.6 cm³/mol. The van der Waals surface area contributed by atoms with Crippen LogP contribution in [0.1, 0.15) is 0 Å². The van der Waals surface area contributed by atoms with Gasteiger partial charge in [0, 0.05) is 6.08 Å². The van der Waals surface area contributed by atoms with Crippen molar-refractivity contribution in [3.05, 3.63) is 47.3 Å².